The van der Waals surface area contributed by atoms with Crippen molar-refractivity contribution in [2.75, 3.05) is 0 Å². The minimum atomic E-state index is -0.0991. The van der Waals surface area contributed by atoms with Crippen LogP contribution in [0, 0.1) is 10.8 Å². The van der Waals surface area contributed by atoms with Crippen molar-refractivity contribution < 1.29 is 0 Å². The molecular weight excluding hydrogens is 346 g/mol. The van der Waals surface area contributed by atoms with Crippen molar-refractivity contribution in [2.24, 2.45) is 5.73 Å². The second-order valence-corrected chi connectivity index (χ2v) is 6.64. The Bertz CT molecular complexity index is 1110. The molecule has 0 unspecified atom stereocenters. The van der Waals surface area contributed by atoms with Crippen molar-refractivity contribution in [1.29, 1.82) is 10.8 Å². The molecule has 8 heteroatoms. The van der Waals surface area contributed by atoms with E-state index in [1.807, 2.05) is 54.9 Å². The number of H-pyrrole nitrogens is 1. The van der Waals surface area contributed by atoms with E-state index in [2.05, 4.69) is 10.1 Å². The van der Waals surface area contributed by atoms with Gasteiger partial charge in [0.2, 0.25) is 0 Å². The number of nitrogens with zero attached hydrogens (tertiary/aromatic N) is 3. The van der Waals surface area contributed by atoms with Crippen LogP contribution in [0.1, 0.15) is 5.56 Å². The fourth-order valence-electron chi connectivity index (χ4n) is 2.75. The summed E-state index contributed by atoms with van der Waals surface area (Å²) in [4.78, 5) is 7.94. The molecule has 0 radical (unpaired) electrons. The van der Waals surface area contributed by atoms with E-state index in [0.29, 0.717) is 5.56 Å². The van der Waals surface area contributed by atoms with Crippen LogP contribution in [-0.4, -0.2) is 30.0 Å². The third kappa shape index (κ3) is 2.98. The Balaban J connectivity index is 1.78. The lowest BCUT2D eigenvalue weighted by Gasteiger charge is -2.06. The topological polar surface area (TPSA) is 120 Å². The predicted molar refractivity (Wildman–Crippen MR) is 105 cm³/mol. The number of hydrogen-bond donors (Lipinski definition) is 4. The predicted octanol–water partition coefficient (Wildman–Crippen LogP) is 3.37. The Morgan fingerprint density at radius 3 is 2.81 bits per heavy atom. The zero-order chi connectivity index (χ0) is 18.1. The SMILES string of the molecule is N=C(N)SC(=N)c1ccc2[nH]cc(-c3cccc(-n4cccn4)n3)c2c1. The van der Waals surface area contributed by atoms with Gasteiger partial charge in [-0.3, -0.25) is 10.8 Å². The van der Waals surface area contributed by atoms with Gasteiger partial charge < -0.3 is 10.7 Å². The van der Waals surface area contributed by atoms with Gasteiger partial charge in [-0.25, -0.2) is 9.67 Å². The minimum Gasteiger partial charge on any atom is -0.378 e. The zero-order valence-corrected chi connectivity index (χ0v) is 14.4. The molecule has 5 N–H and O–H groups in total. The van der Waals surface area contributed by atoms with Crippen LogP contribution in [0.25, 0.3) is 28.0 Å². The molecule has 0 aliphatic heterocycles. The molecule has 7 nitrogen and oxygen atoms in total. The number of thioether (sulfide) groups is 1. The first-order chi connectivity index (χ1) is 12.6. The highest BCUT2D eigenvalue weighted by Gasteiger charge is 2.12. The average molecular weight is 361 g/mol. The summed E-state index contributed by atoms with van der Waals surface area (Å²) in [5.41, 5.74) is 8.81. The lowest BCUT2D eigenvalue weighted by Crippen LogP contribution is -2.08. The van der Waals surface area contributed by atoms with E-state index in [9.17, 15) is 0 Å². The molecule has 4 rings (SSSR count). The average Bonchev–Trinajstić information content (AvgIpc) is 3.30. The maximum Gasteiger partial charge on any atom is 0.157 e. The fraction of sp³-hybridized carbons (Fsp3) is 0. The van der Waals surface area contributed by atoms with E-state index in [0.717, 1.165) is 39.7 Å². The van der Waals surface area contributed by atoms with E-state index in [1.165, 1.54) is 0 Å². The van der Waals surface area contributed by atoms with Crippen molar-refractivity contribution in [1.82, 2.24) is 19.7 Å². The molecule has 4 aromatic rings. The summed E-state index contributed by atoms with van der Waals surface area (Å²) in [7, 11) is 0. The second-order valence-electron chi connectivity index (χ2n) is 5.59. The van der Waals surface area contributed by atoms with Gasteiger partial charge in [-0.2, -0.15) is 5.10 Å². The first-order valence-electron chi connectivity index (χ1n) is 7.81. The largest absolute Gasteiger partial charge is 0.378 e. The molecule has 0 bridgehead atoms. The van der Waals surface area contributed by atoms with Crippen LogP contribution in [0.15, 0.2) is 61.1 Å². The number of nitrogens with one attached hydrogen (secondary N) is 3. The van der Waals surface area contributed by atoms with Gasteiger partial charge in [0.1, 0.15) is 5.04 Å². The normalized spacial score (nSPS) is 10.9. The van der Waals surface area contributed by atoms with Crippen LogP contribution >= 0.6 is 11.8 Å². The Morgan fingerprint density at radius 2 is 2.04 bits per heavy atom. The Kier molecular flexibility index (Phi) is 4.02. The van der Waals surface area contributed by atoms with Gasteiger partial charge in [-0.05, 0) is 42.1 Å². The van der Waals surface area contributed by atoms with Gasteiger partial charge in [0.25, 0.3) is 0 Å². The number of amidine groups is 1. The van der Waals surface area contributed by atoms with Gasteiger partial charge in [0, 0.05) is 40.6 Å². The summed E-state index contributed by atoms with van der Waals surface area (Å²) in [5.74, 6) is 0.734. The molecule has 3 heterocycles. The van der Waals surface area contributed by atoms with Crippen molar-refractivity contribution in [3.63, 3.8) is 0 Å². The summed E-state index contributed by atoms with van der Waals surface area (Å²) in [5, 5.41) is 20.8. The van der Waals surface area contributed by atoms with E-state index < -0.39 is 0 Å². The van der Waals surface area contributed by atoms with Gasteiger partial charge in [0.05, 0.1) is 5.69 Å². The highest BCUT2D eigenvalue weighted by atomic mass is 32.2. The van der Waals surface area contributed by atoms with E-state index >= 15 is 0 Å². The summed E-state index contributed by atoms with van der Waals surface area (Å²) in [6.07, 6.45) is 5.47. The molecule has 0 aliphatic carbocycles. The molecule has 3 aromatic heterocycles. The third-order valence-electron chi connectivity index (χ3n) is 3.91. The molecule has 0 saturated heterocycles. The molecule has 0 spiro atoms. The van der Waals surface area contributed by atoms with Gasteiger partial charge in [-0.15, -0.1) is 0 Å². The van der Waals surface area contributed by atoms with Gasteiger partial charge in [-0.1, -0.05) is 12.1 Å². The Labute approximate surface area is 153 Å². The summed E-state index contributed by atoms with van der Waals surface area (Å²) < 4.78 is 1.71. The molecule has 26 heavy (non-hydrogen) atoms. The van der Waals surface area contributed by atoms with Crippen LogP contribution in [0.3, 0.4) is 0 Å². The minimum absolute atomic E-state index is 0.0991. The number of nitrogens with two attached hydrogens (primary N) is 1. The maximum absolute atomic E-state index is 8.10. The first-order valence-corrected chi connectivity index (χ1v) is 8.63. The summed E-state index contributed by atoms with van der Waals surface area (Å²) >= 11 is 0.928. The molecule has 0 atom stereocenters. The molecule has 0 aliphatic rings. The molecule has 0 amide bonds. The number of aromatic nitrogens is 4. The zero-order valence-electron chi connectivity index (χ0n) is 13.6. The molecule has 128 valence electrons. The van der Waals surface area contributed by atoms with Gasteiger partial charge in [0.15, 0.2) is 11.0 Å². The van der Waals surface area contributed by atoms with Gasteiger partial charge >= 0.3 is 0 Å². The molecule has 1 aromatic carbocycles. The number of rotatable bonds is 3. The maximum atomic E-state index is 8.10. The molecule has 0 saturated carbocycles. The van der Waals surface area contributed by atoms with Crippen molar-refractivity contribution in [2.45, 2.75) is 0 Å². The lowest BCUT2D eigenvalue weighted by atomic mass is 10.1. The molecule has 0 fully saturated rings. The Hall–Kier alpha value is -3.39. The number of hydrogen-bond acceptors (Lipinski definition) is 5. The quantitative estimate of drug-likeness (QED) is 0.330. The fourth-order valence-corrected chi connectivity index (χ4v) is 3.21. The highest BCUT2D eigenvalue weighted by Crippen LogP contribution is 2.29. The lowest BCUT2D eigenvalue weighted by molar-refractivity contribution is 0.848. The van der Waals surface area contributed by atoms with Crippen LogP contribution in [0.5, 0.6) is 0 Å². The third-order valence-corrected chi connectivity index (χ3v) is 4.57. The van der Waals surface area contributed by atoms with Crippen molar-refractivity contribution >= 4 is 32.9 Å². The van der Waals surface area contributed by atoms with E-state index in [1.54, 1.807) is 10.9 Å². The van der Waals surface area contributed by atoms with Crippen LogP contribution in [-0.2, 0) is 0 Å². The summed E-state index contributed by atoms with van der Waals surface area (Å²) in [6, 6.07) is 13.3. The van der Waals surface area contributed by atoms with Crippen LogP contribution in [0.4, 0.5) is 0 Å². The standard InChI is InChI=1S/C18H15N7S/c19-17(26-18(20)21)11-5-6-14-12(9-11)13(10-22-14)15-3-1-4-16(24-15)25-8-2-7-23-25/h1-10,19,22H,(H3,20,21). The van der Waals surface area contributed by atoms with E-state index in [4.69, 9.17) is 21.5 Å². The van der Waals surface area contributed by atoms with Crippen LogP contribution in [0.2, 0.25) is 0 Å². The molecular formula is C18H15N7S. The Morgan fingerprint density at radius 1 is 1.15 bits per heavy atom. The van der Waals surface area contributed by atoms with Crippen molar-refractivity contribution in [3.8, 4) is 17.1 Å². The first kappa shape index (κ1) is 16.1. The van der Waals surface area contributed by atoms with Crippen molar-refractivity contribution in [3.05, 3.63) is 66.6 Å². The number of pyridine rings is 1. The summed E-state index contributed by atoms with van der Waals surface area (Å²) in [6.45, 7) is 0. The number of benzene rings is 1. The van der Waals surface area contributed by atoms with Crippen LogP contribution < -0.4 is 5.73 Å². The van der Waals surface area contributed by atoms with E-state index in [-0.39, 0.29) is 10.2 Å². The monoisotopic (exact) mass is 361 g/mol. The second kappa shape index (κ2) is 6.49. The highest BCUT2D eigenvalue weighted by molar-refractivity contribution is 8.26. The number of fused-ring (bicyclic) bond motifs is 1. The smallest absolute Gasteiger partial charge is 0.157 e. The number of aromatic amines is 1.